The van der Waals surface area contributed by atoms with E-state index in [0.717, 1.165) is 10.5 Å². The largest absolute Gasteiger partial charge is 0.480 e. The van der Waals surface area contributed by atoms with E-state index in [0.29, 0.717) is 17.5 Å². The van der Waals surface area contributed by atoms with Crippen molar-refractivity contribution in [2.75, 3.05) is 12.4 Å². The number of rotatable bonds is 4. The Bertz CT molecular complexity index is 1000. The van der Waals surface area contributed by atoms with Gasteiger partial charge in [0.05, 0.1) is 30.7 Å². The van der Waals surface area contributed by atoms with Crippen molar-refractivity contribution in [3.05, 3.63) is 58.1 Å². The average molecular weight is 413 g/mol. The Morgan fingerprint density at radius 3 is 2.72 bits per heavy atom. The summed E-state index contributed by atoms with van der Waals surface area (Å²) in [5.74, 6) is -0.815. The summed E-state index contributed by atoms with van der Waals surface area (Å²) < 4.78 is 19.6. The lowest BCUT2D eigenvalue weighted by Gasteiger charge is -2.32. The van der Waals surface area contributed by atoms with Gasteiger partial charge in [0.15, 0.2) is 11.0 Å². The van der Waals surface area contributed by atoms with E-state index in [4.69, 9.17) is 10.5 Å². The molecule has 1 aromatic carbocycles. The molecule has 0 bridgehead atoms. The van der Waals surface area contributed by atoms with Gasteiger partial charge in [-0.2, -0.15) is 4.39 Å². The fourth-order valence-electron chi connectivity index (χ4n) is 2.83. The number of carbonyl (C=O) groups is 1. The monoisotopic (exact) mass is 413 g/mol. The van der Waals surface area contributed by atoms with E-state index in [2.05, 4.69) is 32.4 Å². The van der Waals surface area contributed by atoms with E-state index in [1.807, 2.05) is 13.8 Å². The van der Waals surface area contributed by atoms with Gasteiger partial charge in [0, 0.05) is 12.0 Å². The van der Waals surface area contributed by atoms with Gasteiger partial charge in [0.25, 0.3) is 5.91 Å². The first-order chi connectivity index (χ1) is 13.7. The number of hydrogen-bond donors (Lipinski definition) is 2. The first kappa shape index (κ1) is 20.6. The van der Waals surface area contributed by atoms with Crippen LogP contribution in [0, 0.1) is 17.9 Å². The van der Waals surface area contributed by atoms with Crippen LogP contribution < -0.4 is 15.8 Å². The lowest BCUT2D eigenvalue weighted by Crippen LogP contribution is -2.29. The summed E-state index contributed by atoms with van der Waals surface area (Å²) in [5.41, 5.74) is 6.76. The first-order valence-electron chi connectivity index (χ1n) is 8.73. The molecule has 0 saturated heterocycles. The topological polar surface area (TPSA) is 102 Å². The highest BCUT2D eigenvalue weighted by atomic mass is 32.2. The van der Waals surface area contributed by atoms with Gasteiger partial charge in [0.1, 0.15) is 5.69 Å². The van der Waals surface area contributed by atoms with Crippen molar-refractivity contribution in [2.24, 2.45) is 10.7 Å². The van der Waals surface area contributed by atoms with Crippen molar-refractivity contribution in [2.45, 2.75) is 32.7 Å². The highest BCUT2D eigenvalue weighted by molar-refractivity contribution is 8.17. The van der Waals surface area contributed by atoms with Crippen molar-refractivity contribution in [1.82, 2.24) is 9.97 Å². The number of halogens is 1. The SMILES string of the molecule is COc1cnc(C(=O)Nc2c#cc(F)c([C@]3(C)CC(=C(C)C)SC(N)=N3)c2)cn1. The molecule has 9 heteroatoms. The Balaban J connectivity index is 1.90. The number of amidine groups is 1. The van der Waals surface area contributed by atoms with Crippen LogP contribution in [0.25, 0.3) is 0 Å². The second-order valence-electron chi connectivity index (χ2n) is 6.86. The first-order valence-corrected chi connectivity index (χ1v) is 9.54. The van der Waals surface area contributed by atoms with E-state index in [1.165, 1.54) is 37.3 Å². The number of methoxy groups -OCH3 is 1. The number of nitrogens with one attached hydrogen (secondary N) is 1. The Kier molecular flexibility index (Phi) is 5.75. The van der Waals surface area contributed by atoms with Gasteiger partial charge >= 0.3 is 0 Å². The fraction of sp³-hybridized carbons (Fsp3) is 0.300. The molecule has 0 unspecified atom stereocenters. The molecule has 1 aliphatic heterocycles. The Labute approximate surface area is 172 Å². The third-order valence-electron chi connectivity index (χ3n) is 4.38. The van der Waals surface area contributed by atoms with Crippen LogP contribution in [0.4, 0.5) is 10.1 Å². The molecule has 0 radical (unpaired) electrons. The molecule has 0 spiro atoms. The minimum Gasteiger partial charge on any atom is -0.480 e. The molecule has 3 N–H and O–H groups in total. The molecular weight excluding hydrogens is 393 g/mol. The summed E-state index contributed by atoms with van der Waals surface area (Å²) in [6.45, 7) is 5.75. The summed E-state index contributed by atoms with van der Waals surface area (Å²) >= 11 is 1.38. The predicted molar refractivity (Wildman–Crippen MR) is 110 cm³/mol. The lowest BCUT2D eigenvalue weighted by atomic mass is 9.88. The molecule has 29 heavy (non-hydrogen) atoms. The van der Waals surface area contributed by atoms with Crippen LogP contribution >= 0.6 is 11.8 Å². The van der Waals surface area contributed by atoms with Crippen LogP contribution in [0.15, 0.2) is 33.9 Å². The van der Waals surface area contributed by atoms with Crippen molar-refractivity contribution in [3.8, 4) is 5.88 Å². The highest BCUT2D eigenvalue weighted by Crippen LogP contribution is 2.43. The molecule has 1 aliphatic rings. The maximum atomic E-state index is 14.6. The van der Waals surface area contributed by atoms with E-state index in [1.54, 1.807) is 6.92 Å². The van der Waals surface area contributed by atoms with Crippen molar-refractivity contribution in [1.29, 1.82) is 0 Å². The van der Waals surface area contributed by atoms with Gasteiger partial charge in [-0.25, -0.2) is 9.97 Å². The van der Waals surface area contributed by atoms with Gasteiger partial charge in [-0.05, 0) is 43.9 Å². The zero-order valence-corrected chi connectivity index (χ0v) is 17.3. The lowest BCUT2D eigenvalue weighted by molar-refractivity contribution is 0.102. The summed E-state index contributed by atoms with van der Waals surface area (Å²) in [6, 6.07) is 6.53. The summed E-state index contributed by atoms with van der Waals surface area (Å²) in [5, 5.41) is 2.99. The quantitative estimate of drug-likeness (QED) is 0.796. The molecule has 1 amide bonds. The van der Waals surface area contributed by atoms with Crippen LogP contribution in [0.2, 0.25) is 0 Å². The molecule has 1 aromatic heterocycles. The highest BCUT2D eigenvalue weighted by Gasteiger charge is 2.35. The van der Waals surface area contributed by atoms with Crippen molar-refractivity contribution >= 4 is 28.5 Å². The Morgan fingerprint density at radius 2 is 2.10 bits per heavy atom. The average Bonchev–Trinajstić information content (AvgIpc) is 2.68. The smallest absolute Gasteiger partial charge is 0.276 e. The summed E-state index contributed by atoms with van der Waals surface area (Å²) in [7, 11) is 1.45. The number of thioether (sulfide) groups is 1. The number of aromatic nitrogens is 2. The van der Waals surface area contributed by atoms with Crippen LogP contribution in [-0.2, 0) is 5.54 Å². The molecule has 0 saturated carbocycles. The molecule has 1 atom stereocenters. The fourth-order valence-corrected chi connectivity index (χ4v) is 3.89. The number of anilines is 1. The maximum Gasteiger partial charge on any atom is 0.276 e. The molecule has 150 valence electrons. The zero-order chi connectivity index (χ0) is 21.2. The van der Waals surface area contributed by atoms with Gasteiger partial charge in [-0.15, -0.1) is 0 Å². The second-order valence-corrected chi connectivity index (χ2v) is 7.97. The minimum atomic E-state index is -0.920. The zero-order valence-electron chi connectivity index (χ0n) is 16.5. The minimum absolute atomic E-state index is 0.0828. The number of hydrogen-bond acceptors (Lipinski definition) is 7. The molecule has 0 fully saturated rings. The van der Waals surface area contributed by atoms with Gasteiger partial charge in [-0.1, -0.05) is 17.3 Å². The van der Waals surface area contributed by atoms with Crippen LogP contribution in [0.5, 0.6) is 5.88 Å². The number of amides is 1. The molecular formula is C20H20FN5O2S. The number of ether oxygens (including phenoxy) is 1. The normalized spacial score (nSPS) is 18.5. The van der Waals surface area contributed by atoms with Crippen LogP contribution in [0.3, 0.4) is 0 Å². The molecule has 2 heterocycles. The van der Waals surface area contributed by atoms with Crippen LogP contribution in [-0.4, -0.2) is 28.2 Å². The van der Waals surface area contributed by atoms with Crippen molar-refractivity contribution in [3.63, 3.8) is 0 Å². The molecule has 0 aliphatic carbocycles. The van der Waals surface area contributed by atoms with E-state index < -0.39 is 17.3 Å². The number of nitrogens with two attached hydrogens (primary N) is 1. The Morgan fingerprint density at radius 1 is 1.34 bits per heavy atom. The second kappa shape index (κ2) is 8.09. The van der Waals surface area contributed by atoms with Gasteiger partial charge in [0.2, 0.25) is 5.88 Å². The third-order valence-corrected chi connectivity index (χ3v) is 5.48. The van der Waals surface area contributed by atoms with E-state index >= 15 is 0 Å². The number of allylic oxidation sites excluding steroid dienone is 1. The third kappa shape index (κ3) is 4.49. The molecule has 3 rings (SSSR count). The van der Waals surface area contributed by atoms with Crippen molar-refractivity contribution < 1.29 is 13.9 Å². The maximum absolute atomic E-state index is 14.6. The van der Waals surface area contributed by atoms with E-state index in [-0.39, 0.29) is 16.9 Å². The number of aliphatic imine (C=N–C) groups is 1. The van der Waals surface area contributed by atoms with E-state index in [9.17, 15) is 9.18 Å². The molecule has 7 nitrogen and oxygen atoms in total. The molecule has 2 aromatic rings. The summed E-state index contributed by atoms with van der Waals surface area (Å²) in [6.07, 6.45) is 3.11. The Hall–Kier alpha value is -3.12. The standard InChI is InChI=1S/C20H20FN5O2S/c1-11(2)16-8-20(3,26-19(22)29-16)13-7-12(5-6-14(13)21)25-18(27)15-9-24-17(28-4)10-23-15/h7,9-10H,8H2,1-4H3,(H2,22,26)(H,25,27)/t20-/m0/s1. The number of carbonyl (C=O) groups excluding carboxylic acids is 1. The predicted octanol–water partition coefficient (Wildman–Crippen LogP) is 3.44. The van der Waals surface area contributed by atoms with Crippen LogP contribution in [0.1, 0.15) is 43.2 Å². The van der Waals surface area contributed by atoms with Gasteiger partial charge < -0.3 is 15.8 Å². The number of nitrogens with zero attached hydrogens (tertiary/aromatic N) is 3. The summed E-state index contributed by atoms with van der Waals surface area (Å²) in [4.78, 5) is 25.9. The van der Waals surface area contributed by atoms with Gasteiger partial charge in [-0.3, -0.25) is 9.79 Å².